The van der Waals surface area contributed by atoms with Crippen molar-refractivity contribution in [3.05, 3.63) is 35.4 Å². The highest BCUT2D eigenvalue weighted by atomic mass is 16.5. The highest BCUT2D eigenvalue weighted by Gasteiger charge is 2.38. The Morgan fingerprint density at radius 2 is 2.43 bits per heavy atom. The number of ether oxygens (including phenoxy) is 1. The van der Waals surface area contributed by atoms with Gasteiger partial charge in [-0.3, -0.25) is 0 Å². The third kappa shape index (κ3) is 1.29. The molecule has 0 unspecified atom stereocenters. The van der Waals surface area contributed by atoms with Gasteiger partial charge in [0.05, 0.1) is 18.2 Å². The first-order valence-corrected chi connectivity index (χ1v) is 4.65. The smallest absolute Gasteiger partial charge is 0.107 e. The zero-order chi connectivity index (χ0) is 10.0. The van der Waals surface area contributed by atoms with Gasteiger partial charge in [-0.15, -0.1) is 0 Å². The van der Waals surface area contributed by atoms with Crippen LogP contribution in [0, 0.1) is 11.3 Å². The second-order valence-corrected chi connectivity index (χ2v) is 3.49. The molecule has 3 heteroatoms. The lowest BCUT2D eigenvalue weighted by Crippen LogP contribution is -2.47. The van der Waals surface area contributed by atoms with Gasteiger partial charge in [-0.2, -0.15) is 5.26 Å². The van der Waals surface area contributed by atoms with Crippen LogP contribution in [0.15, 0.2) is 24.3 Å². The average Bonchev–Trinajstić information content (AvgIpc) is 2.18. The van der Waals surface area contributed by atoms with E-state index in [9.17, 15) is 0 Å². The van der Waals surface area contributed by atoms with E-state index in [1.807, 2.05) is 18.2 Å². The Bertz CT molecular complexity index is 377. The van der Waals surface area contributed by atoms with Crippen molar-refractivity contribution < 1.29 is 6.16 Å². The van der Waals surface area contributed by atoms with Gasteiger partial charge in [0.2, 0.25) is 0 Å². The lowest BCUT2D eigenvalue weighted by molar-refractivity contribution is -0.146. The molecule has 0 amide bonds. The molecule has 0 radical (unpaired) electrons. The first-order valence-electron chi connectivity index (χ1n) is 4.65. The number of benzene rings is 1. The molecular weight excluding hydrogens is 176 g/mol. The Morgan fingerprint density at radius 3 is 2.93 bits per heavy atom. The molecule has 1 aromatic rings. The molecule has 2 rings (SSSR count). The Hall–Kier alpha value is -1.37. The minimum Gasteiger partial charge on any atom is -0.369 e. The van der Waals surface area contributed by atoms with Gasteiger partial charge >= 0.3 is 0 Å². The summed E-state index contributed by atoms with van der Waals surface area (Å²) in [5, 5.41) is 8.77. The summed E-state index contributed by atoms with van der Waals surface area (Å²) in [5.74, 6) is 0. The number of rotatable bonds is 2. The van der Waals surface area contributed by atoms with E-state index in [0.717, 1.165) is 18.6 Å². The molecule has 0 bridgehead atoms. The molecule has 1 fully saturated rings. The number of hydrogen-bond acceptors (Lipinski definition) is 3. The number of hydrogen-bond donors (Lipinski definition) is 1. The lowest BCUT2D eigenvalue weighted by atomic mass is 9.86. The molecule has 0 saturated carbocycles. The third-order valence-corrected chi connectivity index (χ3v) is 2.73. The van der Waals surface area contributed by atoms with Gasteiger partial charge in [0.15, 0.2) is 0 Å². The number of nitrogens with two attached hydrogens (primary N) is 1. The van der Waals surface area contributed by atoms with Gasteiger partial charge in [0.25, 0.3) is 0 Å². The van der Waals surface area contributed by atoms with Crippen LogP contribution in [-0.2, 0) is 10.3 Å². The molecule has 14 heavy (non-hydrogen) atoms. The molecule has 1 aliphatic rings. The highest BCUT2D eigenvalue weighted by Crippen LogP contribution is 2.36. The lowest BCUT2D eigenvalue weighted by Gasteiger charge is -2.41. The van der Waals surface area contributed by atoms with Crippen molar-refractivity contribution in [2.45, 2.75) is 12.0 Å². The topological polar surface area (TPSA) is 59.0 Å². The zero-order valence-electron chi connectivity index (χ0n) is 7.86. The second kappa shape index (κ2) is 3.41. The maximum absolute atomic E-state index is 8.77. The SMILES string of the molecule is N#Cc1cccc([C@]2(CN)CCO2)c1.[HH]. The van der Waals surface area contributed by atoms with E-state index in [1.165, 1.54) is 0 Å². The first kappa shape index (κ1) is 9.20. The quantitative estimate of drug-likeness (QED) is 0.766. The van der Waals surface area contributed by atoms with Crippen LogP contribution in [0.5, 0.6) is 0 Å². The molecule has 3 nitrogen and oxygen atoms in total. The summed E-state index contributed by atoms with van der Waals surface area (Å²) < 4.78 is 5.52. The zero-order valence-corrected chi connectivity index (χ0v) is 7.86. The minimum absolute atomic E-state index is 0. The molecule has 1 atom stereocenters. The van der Waals surface area contributed by atoms with Gasteiger partial charge in [0.1, 0.15) is 5.60 Å². The van der Waals surface area contributed by atoms with E-state index in [-0.39, 0.29) is 7.03 Å². The van der Waals surface area contributed by atoms with Crippen LogP contribution in [0.4, 0.5) is 0 Å². The van der Waals surface area contributed by atoms with Crippen molar-refractivity contribution in [3.8, 4) is 6.07 Å². The van der Waals surface area contributed by atoms with E-state index in [2.05, 4.69) is 6.07 Å². The van der Waals surface area contributed by atoms with Crippen LogP contribution >= 0.6 is 0 Å². The van der Waals surface area contributed by atoms with Crippen molar-refractivity contribution in [2.75, 3.05) is 13.2 Å². The largest absolute Gasteiger partial charge is 0.369 e. The maximum Gasteiger partial charge on any atom is 0.107 e. The highest BCUT2D eigenvalue weighted by molar-refractivity contribution is 5.36. The molecule has 1 aromatic carbocycles. The van der Waals surface area contributed by atoms with Crippen LogP contribution in [-0.4, -0.2) is 13.2 Å². The van der Waals surface area contributed by atoms with E-state index in [1.54, 1.807) is 6.07 Å². The summed E-state index contributed by atoms with van der Waals surface area (Å²) in [6, 6.07) is 9.59. The van der Waals surface area contributed by atoms with Gasteiger partial charge in [-0.05, 0) is 17.7 Å². The minimum atomic E-state index is -0.327. The van der Waals surface area contributed by atoms with Crippen LogP contribution in [0.2, 0.25) is 0 Å². The summed E-state index contributed by atoms with van der Waals surface area (Å²) in [6.07, 6.45) is 0.943. The fourth-order valence-corrected chi connectivity index (χ4v) is 1.73. The fourth-order valence-electron chi connectivity index (χ4n) is 1.73. The van der Waals surface area contributed by atoms with Crippen LogP contribution in [0.3, 0.4) is 0 Å². The fraction of sp³-hybridized carbons (Fsp3) is 0.364. The van der Waals surface area contributed by atoms with Crippen LogP contribution in [0.25, 0.3) is 0 Å². The Labute approximate surface area is 84.6 Å². The molecule has 1 aliphatic heterocycles. The number of nitrogens with zero attached hydrogens (tertiary/aromatic N) is 1. The third-order valence-electron chi connectivity index (χ3n) is 2.73. The van der Waals surface area contributed by atoms with Crippen molar-refractivity contribution >= 4 is 0 Å². The van der Waals surface area contributed by atoms with Crippen molar-refractivity contribution in [1.29, 1.82) is 5.26 Å². The molecule has 0 aromatic heterocycles. The molecular formula is C11H14N2O. The molecule has 0 aliphatic carbocycles. The standard InChI is InChI=1S/C11H12N2O.H2/c12-7-9-2-1-3-10(6-9)11(8-13)4-5-14-11;/h1-3,6H,4-5,8,13H2;1H/t11-;/m1./s1. The van der Waals surface area contributed by atoms with Gasteiger partial charge in [0, 0.05) is 14.4 Å². The van der Waals surface area contributed by atoms with E-state index >= 15 is 0 Å². The van der Waals surface area contributed by atoms with Gasteiger partial charge in [-0.1, -0.05) is 12.1 Å². The van der Waals surface area contributed by atoms with Crippen molar-refractivity contribution in [1.82, 2.24) is 0 Å². The monoisotopic (exact) mass is 190 g/mol. The Morgan fingerprint density at radius 1 is 1.64 bits per heavy atom. The average molecular weight is 190 g/mol. The van der Waals surface area contributed by atoms with Gasteiger partial charge in [-0.25, -0.2) is 0 Å². The van der Waals surface area contributed by atoms with Crippen LogP contribution < -0.4 is 5.73 Å². The predicted molar refractivity (Wildman–Crippen MR) is 54.6 cm³/mol. The maximum atomic E-state index is 8.77. The molecule has 0 spiro atoms. The summed E-state index contributed by atoms with van der Waals surface area (Å²) in [7, 11) is 0. The van der Waals surface area contributed by atoms with E-state index in [0.29, 0.717) is 12.1 Å². The molecule has 74 valence electrons. The summed E-state index contributed by atoms with van der Waals surface area (Å²) >= 11 is 0. The van der Waals surface area contributed by atoms with Crippen molar-refractivity contribution in [3.63, 3.8) is 0 Å². The summed E-state index contributed by atoms with van der Waals surface area (Å²) in [6.45, 7) is 1.23. The first-order chi connectivity index (χ1) is 6.80. The van der Waals surface area contributed by atoms with E-state index < -0.39 is 0 Å². The second-order valence-electron chi connectivity index (χ2n) is 3.49. The Balaban J connectivity index is 0.00000112. The molecule has 2 N–H and O–H groups in total. The predicted octanol–water partition coefficient (Wildman–Crippen LogP) is 1.38. The van der Waals surface area contributed by atoms with Crippen molar-refractivity contribution in [2.24, 2.45) is 5.73 Å². The van der Waals surface area contributed by atoms with E-state index in [4.69, 9.17) is 15.7 Å². The summed E-state index contributed by atoms with van der Waals surface area (Å²) in [5.41, 5.74) is 7.03. The van der Waals surface area contributed by atoms with Gasteiger partial charge < -0.3 is 10.5 Å². The number of nitriles is 1. The Kier molecular flexibility index (Phi) is 2.24. The molecule has 1 heterocycles. The molecule has 1 saturated heterocycles. The normalized spacial score (nSPS) is 25.1. The van der Waals surface area contributed by atoms with Crippen LogP contribution in [0.1, 0.15) is 19.0 Å². The summed E-state index contributed by atoms with van der Waals surface area (Å²) in [4.78, 5) is 0.